The van der Waals surface area contributed by atoms with Crippen molar-refractivity contribution < 1.29 is 24.4 Å². The van der Waals surface area contributed by atoms with E-state index in [2.05, 4.69) is 0 Å². The lowest BCUT2D eigenvalue weighted by atomic mass is 9.99. The Morgan fingerprint density at radius 1 is 0.946 bits per heavy atom. The Labute approximate surface area is 213 Å². The van der Waals surface area contributed by atoms with Crippen molar-refractivity contribution in [3.63, 3.8) is 0 Å². The van der Waals surface area contributed by atoms with Gasteiger partial charge in [-0.2, -0.15) is 0 Å². The van der Waals surface area contributed by atoms with E-state index in [9.17, 15) is 19.7 Å². The van der Waals surface area contributed by atoms with Crippen molar-refractivity contribution in [2.75, 3.05) is 11.4 Å². The van der Waals surface area contributed by atoms with Crippen LogP contribution in [0.4, 0.5) is 11.4 Å². The number of nitro benzene ring substituents is 1. The lowest BCUT2D eigenvalue weighted by Crippen LogP contribution is -2.31. The zero-order valence-corrected chi connectivity index (χ0v) is 20.3. The highest BCUT2D eigenvalue weighted by Gasteiger charge is 2.22. The molecule has 0 heterocycles. The standard InChI is InChI=1S/C29H26N2O6/c1-2-30(27-11-5-8-20-7-3-4-10-25(20)27)29(34)26-19-24(16-13-21(26)9-6-12-28(32)33)37-23-17-14-22(15-18-23)31(35)36/h3-5,7-8,10-11,13-19H,2,6,9,12H2,1H3,(H,32,33). The predicted molar refractivity (Wildman–Crippen MR) is 141 cm³/mol. The minimum Gasteiger partial charge on any atom is -0.481 e. The van der Waals surface area contributed by atoms with Crippen LogP contribution in [0.2, 0.25) is 0 Å². The summed E-state index contributed by atoms with van der Waals surface area (Å²) in [7, 11) is 0. The van der Waals surface area contributed by atoms with Crippen molar-refractivity contribution >= 4 is 34.0 Å². The third-order valence-corrected chi connectivity index (χ3v) is 6.05. The topological polar surface area (TPSA) is 110 Å². The molecule has 0 spiro atoms. The first-order chi connectivity index (χ1) is 17.9. The number of nitrogens with zero attached hydrogens (tertiary/aromatic N) is 2. The molecule has 0 radical (unpaired) electrons. The minimum atomic E-state index is -0.892. The predicted octanol–water partition coefficient (Wildman–Crippen LogP) is 6.61. The lowest BCUT2D eigenvalue weighted by molar-refractivity contribution is -0.384. The molecule has 4 rings (SSSR count). The van der Waals surface area contributed by atoms with E-state index in [-0.39, 0.29) is 18.0 Å². The Kier molecular flexibility index (Phi) is 7.78. The third-order valence-electron chi connectivity index (χ3n) is 6.05. The Morgan fingerprint density at radius 2 is 1.65 bits per heavy atom. The molecule has 0 aliphatic heterocycles. The normalized spacial score (nSPS) is 10.7. The molecule has 8 nitrogen and oxygen atoms in total. The van der Waals surface area contributed by atoms with Gasteiger partial charge in [-0.15, -0.1) is 0 Å². The highest BCUT2D eigenvalue weighted by Crippen LogP contribution is 2.31. The molecule has 1 amide bonds. The van der Waals surface area contributed by atoms with Crippen LogP contribution in [0.1, 0.15) is 35.7 Å². The fourth-order valence-electron chi connectivity index (χ4n) is 4.25. The first-order valence-corrected chi connectivity index (χ1v) is 11.9. The number of hydrogen-bond donors (Lipinski definition) is 1. The highest BCUT2D eigenvalue weighted by atomic mass is 16.6. The number of carboxylic acid groups (broad SMARTS) is 1. The number of benzene rings is 4. The maximum Gasteiger partial charge on any atom is 0.303 e. The second-order valence-electron chi connectivity index (χ2n) is 8.47. The van der Waals surface area contributed by atoms with Gasteiger partial charge in [-0.1, -0.05) is 42.5 Å². The summed E-state index contributed by atoms with van der Waals surface area (Å²) in [6.45, 7) is 2.33. The molecule has 0 fully saturated rings. The number of fused-ring (bicyclic) bond motifs is 1. The number of nitro groups is 1. The van der Waals surface area contributed by atoms with Gasteiger partial charge < -0.3 is 14.7 Å². The fraction of sp³-hybridized carbons (Fsp3) is 0.172. The summed E-state index contributed by atoms with van der Waals surface area (Å²) < 4.78 is 5.90. The number of non-ortho nitro benzene ring substituents is 1. The Hall–Kier alpha value is -4.72. The SMILES string of the molecule is CCN(C(=O)c1cc(Oc2ccc([N+](=O)[O-])cc2)ccc1CCCC(=O)O)c1cccc2ccccc12. The van der Waals surface area contributed by atoms with Gasteiger partial charge in [0.1, 0.15) is 11.5 Å². The van der Waals surface area contributed by atoms with E-state index in [4.69, 9.17) is 9.84 Å². The van der Waals surface area contributed by atoms with Gasteiger partial charge in [-0.05, 0) is 61.0 Å². The Bertz CT molecular complexity index is 1440. The van der Waals surface area contributed by atoms with Gasteiger partial charge in [0.15, 0.2) is 0 Å². The van der Waals surface area contributed by atoms with Crippen LogP contribution in [0.15, 0.2) is 84.9 Å². The highest BCUT2D eigenvalue weighted by molar-refractivity contribution is 6.11. The summed E-state index contributed by atoms with van der Waals surface area (Å²) in [5.74, 6) is -0.326. The Balaban J connectivity index is 1.70. The van der Waals surface area contributed by atoms with Gasteiger partial charge in [-0.25, -0.2) is 0 Å². The quantitative estimate of drug-likeness (QED) is 0.194. The van der Waals surface area contributed by atoms with Crippen LogP contribution in [0.3, 0.4) is 0 Å². The van der Waals surface area contributed by atoms with Crippen LogP contribution < -0.4 is 9.64 Å². The van der Waals surface area contributed by atoms with Crippen LogP contribution in [0, 0.1) is 10.1 Å². The average molecular weight is 499 g/mol. The number of anilines is 1. The lowest BCUT2D eigenvalue weighted by Gasteiger charge is -2.24. The summed E-state index contributed by atoms with van der Waals surface area (Å²) in [6.07, 6.45) is 0.798. The van der Waals surface area contributed by atoms with Crippen LogP contribution in [-0.4, -0.2) is 28.5 Å². The zero-order chi connectivity index (χ0) is 26.4. The van der Waals surface area contributed by atoms with E-state index in [0.29, 0.717) is 36.4 Å². The molecule has 0 bridgehead atoms. The van der Waals surface area contributed by atoms with Gasteiger partial charge in [0, 0.05) is 36.0 Å². The molecule has 4 aromatic rings. The second-order valence-corrected chi connectivity index (χ2v) is 8.47. The molecule has 37 heavy (non-hydrogen) atoms. The first kappa shape index (κ1) is 25.4. The molecular formula is C29H26N2O6. The molecule has 0 saturated heterocycles. The first-order valence-electron chi connectivity index (χ1n) is 11.9. The Morgan fingerprint density at radius 3 is 2.35 bits per heavy atom. The number of ether oxygens (including phenoxy) is 1. The molecule has 0 aromatic heterocycles. The van der Waals surface area contributed by atoms with E-state index in [0.717, 1.165) is 22.0 Å². The minimum absolute atomic E-state index is 0.00447. The van der Waals surface area contributed by atoms with Crippen LogP contribution in [-0.2, 0) is 11.2 Å². The summed E-state index contributed by atoms with van der Waals surface area (Å²) in [4.78, 5) is 37.1. The summed E-state index contributed by atoms with van der Waals surface area (Å²) in [5, 5.41) is 22.0. The van der Waals surface area contributed by atoms with E-state index >= 15 is 0 Å². The molecule has 4 aromatic carbocycles. The maximum atomic E-state index is 13.9. The summed E-state index contributed by atoms with van der Waals surface area (Å²) in [5.41, 5.74) is 1.87. The van der Waals surface area contributed by atoms with Crippen molar-refractivity contribution in [1.29, 1.82) is 0 Å². The largest absolute Gasteiger partial charge is 0.481 e. The second kappa shape index (κ2) is 11.3. The van der Waals surface area contributed by atoms with Gasteiger partial charge >= 0.3 is 5.97 Å². The van der Waals surface area contributed by atoms with Crippen molar-refractivity contribution in [3.8, 4) is 11.5 Å². The van der Waals surface area contributed by atoms with Crippen LogP contribution in [0.5, 0.6) is 11.5 Å². The molecule has 0 unspecified atom stereocenters. The van der Waals surface area contributed by atoms with Gasteiger partial charge in [0.25, 0.3) is 11.6 Å². The molecule has 0 saturated carbocycles. The molecule has 0 aliphatic rings. The van der Waals surface area contributed by atoms with Crippen molar-refractivity contribution in [1.82, 2.24) is 0 Å². The van der Waals surface area contributed by atoms with Crippen LogP contribution >= 0.6 is 0 Å². The molecular weight excluding hydrogens is 472 g/mol. The average Bonchev–Trinajstić information content (AvgIpc) is 2.90. The number of rotatable bonds is 10. The third kappa shape index (κ3) is 5.92. The smallest absolute Gasteiger partial charge is 0.303 e. The molecule has 0 atom stereocenters. The molecule has 188 valence electrons. The molecule has 0 aliphatic carbocycles. The van der Waals surface area contributed by atoms with Gasteiger partial charge in [-0.3, -0.25) is 19.7 Å². The van der Waals surface area contributed by atoms with Crippen LogP contribution in [0.25, 0.3) is 10.8 Å². The summed E-state index contributed by atoms with van der Waals surface area (Å²) >= 11 is 0. The number of carbonyl (C=O) groups excluding carboxylic acids is 1. The molecule has 8 heteroatoms. The zero-order valence-electron chi connectivity index (χ0n) is 20.3. The maximum absolute atomic E-state index is 13.9. The van der Waals surface area contributed by atoms with E-state index in [1.54, 1.807) is 23.1 Å². The van der Waals surface area contributed by atoms with Crippen molar-refractivity contribution in [2.45, 2.75) is 26.2 Å². The monoisotopic (exact) mass is 498 g/mol. The number of carboxylic acids is 1. The van der Waals surface area contributed by atoms with E-state index in [1.165, 1.54) is 24.3 Å². The number of carbonyl (C=O) groups is 2. The number of amides is 1. The van der Waals surface area contributed by atoms with Crippen molar-refractivity contribution in [3.05, 3.63) is 106 Å². The number of aryl methyl sites for hydroxylation is 1. The fourth-order valence-corrected chi connectivity index (χ4v) is 4.25. The number of aliphatic carboxylic acids is 1. The van der Waals surface area contributed by atoms with Gasteiger partial charge in [0.05, 0.1) is 10.6 Å². The van der Waals surface area contributed by atoms with Crippen molar-refractivity contribution in [2.24, 2.45) is 0 Å². The summed E-state index contributed by atoms with van der Waals surface area (Å²) in [6, 6.07) is 24.5. The van der Waals surface area contributed by atoms with E-state index in [1.807, 2.05) is 49.4 Å². The number of hydrogen-bond acceptors (Lipinski definition) is 5. The molecule has 1 N–H and O–H groups in total. The van der Waals surface area contributed by atoms with E-state index < -0.39 is 10.9 Å². The van der Waals surface area contributed by atoms with Gasteiger partial charge in [0.2, 0.25) is 0 Å².